The molecule has 0 amide bonds. The van der Waals surface area contributed by atoms with Crippen LogP contribution in [0.2, 0.25) is 18.1 Å². The van der Waals surface area contributed by atoms with Gasteiger partial charge in [-0.1, -0.05) is 20.8 Å². The van der Waals surface area contributed by atoms with Gasteiger partial charge in [0.2, 0.25) is 0 Å². The lowest BCUT2D eigenvalue weighted by molar-refractivity contribution is -0.0575. The predicted octanol–water partition coefficient (Wildman–Crippen LogP) is 4.94. The monoisotopic (exact) mass is 417 g/mol. The van der Waals surface area contributed by atoms with E-state index in [4.69, 9.17) is 4.43 Å². The van der Waals surface area contributed by atoms with Crippen LogP contribution >= 0.6 is 22.6 Å². The molecule has 0 aliphatic rings. The largest absolute Gasteiger partial charge is 0.410 e. The highest BCUT2D eigenvalue weighted by atomic mass is 127. The first kappa shape index (κ1) is 17.9. The van der Waals surface area contributed by atoms with Crippen molar-refractivity contribution in [1.29, 1.82) is 0 Å². The number of alkyl halides is 2. The Morgan fingerprint density at radius 1 is 1.30 bits per heavy atom. The summed E-state index contributed by atoms with van der Waals surface area (Å²) in [5.41, 5.74) is -0.844. The average molecular weight is 417 g/mol. The van der Waals surface area contributed by atoms with Gasteiger partial charge in [0.05, 0.1) is 3.57 Å². The second-order valence-electron chi connectivity index (χ2n) is 6.21. The van der Waals surface area contributed by atoms with Crippen molar-refractivity contribution >= 4 is 30.9 Å². The Balaban J connectivity index is 2.94. The summed E-state index contributed by atoms with van der Waals surface area (Å²) in [6, 6.07) is 1.35. The molecule has 20 heavy (non-hydrogen) atoms. The van der Waals surface area contributed by atoms with Crippen LogP contribution in [0.1, 0.15) is 26.5 Å². The molecule has 1 rings (SSSR count). The maximum atomic E-state index is 14.1. The van der Waals surface area contributed by atoms with Crippen LogP contribution in [0.15, 0.2) is 12.3 Å². The summed E-state index contributed by atoms with van der Waals surface area (Å²) in [6.45, 7) is 8.79. The second kappa shape index (κ2) is 5.92. The van der Waals surface area contributed by atoms with Crippen molar-refractivity contribution in [2.24, 2.45) is 0 Å². The van der Waals surface area contributed by atoms with E-state index in [1.165, 1.54) is 12.3 Å². The van der Waals surface area contributed by atoms with Crippen LogP contribution in [0.3, 0.4) is 0 Å². The Bertz CT molecular complexity index is 489. The zero-order valence-electron chi connectivity index (χ0n) is 12.2. The van der Waals surface area contributed by atoms with Crippen molar-refractivity contribution in [3.05, 3.63) is 27.3 Å². The van der Waals surface area contributed by atoms with Crippen LogP contribution in [-0.2, 0) is 10.3 Å². The fourth-order valence-electron chi connectivity index (χ4n) is 1.23. The molecule has 0 saturated carbocycles. The summed E-state index contributed by atoms with van der Waals surface area (Å²) in [7, 11) is -2.31. The molecule has 1 heterocycles. The van der Waals surface area contributed by atoms with Crippen LogP contribution < -0.4 is 0 Å². The van der Waals surface area contributed by atoms with E-state index in [1.54, 1.807) is 22.6 Å². The molecule has 114 valence electrons. The van der Waals surface area contributed by atoms with E-state index in [2.05, 4.69) is 4.98 Å². The van der Waals surface area contributed by atoms with E-state index in [-0.39, 0.29) is 8.61 Å². The predicted molar refractivity (Wildman–Crippen MR) is 84.0 cm³/mol. The van der Waals surface area contributed by atoms with Gasteiger partial charge in [-0.2, -0.15) is 8.78 Å². The number of pyridine rings is 1. The van der Waals surface area contributed by atoms with Crippen molar-refractivity contribution in [2.75, 3.05) is 6.61 Å². The summed E-state index contributed by atoms with van der Waals surface area (Å²) < 4.78 is 47.6. The van der Waals surface area contributed by atoms with Gasteiger partial charge >= 0.3 is 5.92 Å². The Morgan fingerprint density at radius 3 is 2.35 bits per heavy atom. The van der Waals surface area contributed by atoms with Crippen molar-refractivity contribution in [2.45, 2.75) is 44.8 Å². The third-order valence-electron chi connectivity index (χ3n) is 3.61. The van der Waals surface area contributed by atoms with Crippen LogP contribution in [0.4, 0.5) is 13.2 Å². The van der Waals surface area contributed by atoms with Gasteiger partial charge in [-0.3, -0.25) is 4.98 Å². The van der Waals surface area contributed by atoms with Gasteiger partial charge in [-0.05, 0) is 46.8 Å². The van der Waals surface area contributed by atoms with Crippen LogP contribution in [0, 0.1) is 9.39 Å². The van der Waals surface area contributed by atoms with Crippen molar-refractivity contribution in [3.63, 3.8) is 0 Å². The number of nitrogens with zero attached hydrogens (tertiary/aromatic N) is 1. The zero-order chi connectivity index (χ0) is 15.8. The molecule has 0 saturated heterocycles. The number of hydrogen-bond acceptors (Lipinski definition) is 2. The lowest BCUT2D eigenvalue weighted by Crippen LogP contribution is -2.43. The van der Waals surface area contributed by atoms with Gasteiger partial charge in [-0.25, -0.2) is 4.39 Å². The highest BCUT2D eigenvalue weighted by molar-refractivity contribution is 14.1. The zero-order valence-corrected chi connectivity index (χ0v) is 15.4. The summed E-state index contributed by atoms with van der Waals surface area (Å²) in [4.78, 5) is 3.48. The summed E-state index contributed by atoms with van der Waals surface area (Å²) in [5, 5.41) is -0.180. The average Bonchev–Trinajstić information content (AvgIpc) is 2.29. The summed E-state index contributed by atoms with van der Waals surface area (Å²) in [6.07, 6.45) is 1.18. The lowest BCUT2D eigenvalue weighted by atomic mass is 10.2. The maximum Gasteiger partial charge on any atom is 0.314 e. The molecule has 0 N–H and O–H groups in total. The molecule has 1 aromatic rings. The molecule has 7 heteroatoms. The molecule has 0 radical (unpaired) electrons. The molecule has 0 aromatic carbocycles. The number of halogens is 4. The van der Waals surface area contributed by atoms with Crippen molar-refractivity contribution in [3.8, 4) is 0 Å². The van der Waals surface area contributed by atoms with E-state index < -0.39 is 32.4 Å². The smallest absolute Gasteiger partial charge is 0.314 e. The lowest BCUT2D eigenvalue weighted by Gasteiger charge is -2.37. The molecular formula is C13H19F3INOSi. The van der Waals surface area contributed by atoms with Crippen molar-refractivity contribution < 1.29 is 17.6 Å². The van der Waals surface area contributed by atoms with E-state index in [9.17, 15) is 13.2 Å². The molecule has 2 nitrogen and oxygen atoms in total. The Kier molecular flexibility index (Phi) is 5.30. The highest BCUT2D eigenvalue weighted by Crippen LogP contribution is 2.39. The maximum absolute atomic E-state index is 14.1. The fourth-order valence-corrected chi connectivity index (χ4v) is 2.62. The first-order valence-electron chi connectivity index (χ1n) is 6.21. The topological polar surface area (TPSA) is 22.1 Å². The normalized spacial score (nSPS) is 13.7. The Morgan fingerprint density at radius 2 is 1.85 bits per heavy atom. The third kappa shape index (κ3) is 3.94. The van der Waals surface area contributed by atoms with E-state index in [0.717, 1.165) is 0 Å². The van der Waals surface area contributed by atoms with E-state index >= 15 is 0 Å². The van der Waals surface area contributed by atoms with Gasteiger partial charge in [0.1, 0.15) is 12.3 Å². The molecule has 1 aromatic heterocycles. The molecule has 0 unspecified atom stereocenters. The molecule has 0 atom stereocenters. The van der Waals surface area contributed by atoms with E-state index in [0.29, 0.717) is 0 Å². The second-order valence-corrected chi connectivity index (χ2v) is 12.2. The minimum atomic E-state index is -3.43. The third-order valence-corrected chi connectivity index (χ3v) is 8.92. The molecule has 0 aliphatic heterocycles. The Hall–Kier alpha value is -0.153. The van der Waals surface area contributed by atoms with Gasteiger partial charge in [0.25, 0.3) is 0 Å². The molecule has 0 bridgehead atoms. The van der Waals surface area contributed by atoms with Crippen molar-refractivity contribution in [1.82, 2.24) is 4.98 Å². The quantitative estimate of drug-likeness (QED) is 0.512. The summed E-state index contributed by atoms with van der Waals surface area (Å²) in [5.74, 6) is -4.40. The minimum absolute atomic E-state index is 0.125. The molecule has 0 aliphatic carbocycles. The van der Waals surface area contributed by atoms with Gasteiger partial charge in [0.15, 0.2) is 14.1 Å². The standard InChI is InChI=1S/C13H19F3INOSi/c1-12(2,3)20(4,5)19-8-13(15,16)11-10(14)9(17)6-7-18-11/h6-7H,8H2,1-5H3. The summed E-state index contributed by atoms with van der Waals surface area (Å²) >= 11 is 1.67. The van der Waals surface area contributed by atoms with Gasteiger partial charge in [0, 0.05) is 6.20 Å². The van der Waals surface area contributed by atoms with E-state index in [1.807, 2.05) is 33.9 Å². The molecule has 0 spiro atoms. The molecular weight excluding hydrogens is 398 g/mol. The number of hydrogen-bond donors (Lipinski definition) is 0. The van der Waals surface area contributed by atoms with Gasteiger partial charge < -0.3 is 4.43 Å². The minimum Gasteiger partial charge on any atom is -0.410 e. The Labute approximate surface area is 132 Å². The highest BCUT2D eigenvalue weighted by Gasteiger charge is 2.43. The first-order valence-corrected chi connectivity index (χ1v) is 10.2. The van der Waals surface area contributed by atoms with Crippen LogP contribution in [0.5, 0.6) is 0 Å². The number of aromatic nitrogens is 1. The first-order chi connectivity index (χ1) is 8.88. The van der Waals surface area contributed by atoms with Crippen LogP contribution in [0.25, 0.3) is 0 Å². The number of rotatable bonds is 4. The van der Waals surface area contributed by atoms with Crippen LogP contribution in [-0.4, -0.2) is 19.9 Å². The molecule has 0 fully saturated rings. The SMILES string of the molecule is CC(C)(C)[Si](C)(C)OCC(F)(F)c1nccc(I)c1F. The van der Waals surface area contributed by atoms with Gasteiger partial charge in [-0.15, -0.1) is 0 Å². The fraction of sp³-hybridized carbons (Fsp3) is 0.615.